The number of aliphatic hydroxyl groups excluding tert-OH is 1. The smallest absolute Gasteiger partial charge is 0.140 e. The van der Waals surface area contributed by atoms with Crippen molar-refractivity contribution in [2.75, 3.05) is 6.54 Å². The van der Waals surface area contributed by atoms with E-state index in [9.17, 15) is 5.11 Å². The molecule has 1 unspecified atom stereocenters. The first kappa shape index (κ1) is 17.2. The highest BCUT2D eigenvalue weighted by atomic mass is 35.5. The van der Waals surface area contributed by atoms with Gasteiger partial charge >= 0.3 is 0 Å². The van der Waals surface area contributed by atoms with E-state index in [2.05, 4.69) is 10.3 Å². The van der Waals surface area contributed by atoms with Crippen molar-refractivity contribution in [3.8, 4) is 5.75 Å². The average molecular weight is 341 g/mol. The van der Waals surface area contributed by atoms with Gasteiger partial charge in [0, 0.05) is 23.5 Å². The fourth-order valence-corrected chi connectivity index (χ4v) is 2.59. The summed E-state index contributed by atoms with van der Waals surface area (Å²) in [5, 5.41) is 16.6. The van der Waals surface area contributed by atoms with Gasteiger partial charge in [-0.2, -0.15) is 0 Å². The third-order valence-electron chi connectivity index (χ3n) is 3.20. The number of ether oxygens (including phenoxy) is 1. The highest BCUT2D eigenvalue weighted by Crippen LogP contribution is 2.18. The van der Waals surface area contributed by atoms with Crippen molar-refractivity contribution in [2.45, 2.75) is 33.1 Å². The summed E-state index contributed by atoms with van der Waals surface area (Å²) in [4.78, 5) is 4.51. The molecule has 2 rings (SSSR count). The maximum Gasteiger partial charge on any atom is 0.140 e. The van der Waals surface area contributed by atoms with Crippen LogP contribution in [-0.2, 0) is 13.2 Å². The van der Waals surface area contributed by atoms with E-state index in [-0.39, 0.29) is 12.0 Å². The zero-order chi connectivity index (χ0) is 15.9. The average Bonchev–Trinajstić information content (AvgIpc) is 2.94. The topological polar surface area (TPSA) is 54.4 Å². The van der Waals surface area contributed by atoms with E-state index in [4.69, 9.17) is 16.3 Å². The molecule has 1 heterocycles. The molecule has 1 aromatic heterocycles. The van der Waals surface area contributed by atoms with Crippen LogP contribution in [0.25, 0.3) is 0 Å². The van der Waals surface area contributed by atoms with Gasteiger partial charge in [-0.1, -0.05) is 25.4 Å². The van der Waals surface area contributed by atoms with Crippen molar-refractivity contribution in [1.29, 1.82) is 0 Å². The van der Waals surface area contributed by atoms with E-state index in [1.54, 1.807) is 23.5 Å². The van der Waals surface area contributed by atoms with Crippen LogP contribution in [0.2, 0.25) is 5.02 Å². The van der Waals surface area contributed by atoms with Gasteiger partial charge in [0.2, 0.25) is 0 Å². The number of benzene rings is 1. The van der Waals surface area contributed by atoms with Gasteiger partial charge in [-0.15, -0.1) is 11.3 Å². The maximum atomic E-state index is 9.73. The lowest BCUT2D eigenvalue weighted by Crippen LogP contribution is -2.30. The Hall–Kier alpha value is -1.14. The number of hydrogen-bond acceptors (Lipinski definition) is 5. The molecular weight excluding hydrogens is 320 g/mol. The van der Waals surface area contributed by atoms with E-state index in [1.807, 2.05) is 31.4 Å². The first-order valence-electron chi connectivity index (χ1n) is 7.25. The van der Waals surface area contributed by atoms with E-state index < -0.39 is 0 Å². The third-order valence-corrected chi connectivity index (χ3v) is 4.33. The summed E-state index contributed by atoms with van der Waals surface area (Å²) >= 11 is 7.40. The van der Waals surface area contributed by atoms with Gasteiger partial charge in [0.25, 0.3) is 0 Å². The second kappa shape index (κ2) is 8.48. The van der Waals surface area contributed by atoms with E-state index in [0.29, 0.717) is 24.7 Å². The van der Waals surface area contributed by atoms with Crippen LogP contribution in [-0.4, -0.2) is 22.7 Å². The molecule has 0 aliphatic carbocycles. The molecule has 0 bridgehead atoms. The summed E-state index contributed by atoms with van der Waals surface area (Å²) < 4.78 is 5.66. The molecule has 4 nitrogen and oxygen atoms in total. The van der Waals surface area contributed by atoms with Gasteiger partial charge in [-0.25, -0.2) is 4.98 Å². The molecule has 0 spiro atoms. The second-order valence-corrected chi connectivity index (χ2v) is 6.80. The van der Waals surface area contributed by atoms with Gasteiger partial charge in [0.1, 0.15) is 17.4 Å². The molecule has 120 valence electrons. The van der Waals surface area contributed by atoms with Crippen molar-refractivity contribution in [1.82, 2.24) is 10.3 Å². The number of nitrogens with one attached hydrogen (secondary N) is 1. The lowest BCUT2D eigenvalue weighted by Gasteiger charge is -2.14. The summed E-state index contributed by atoms with van der Waals surface area (Å²) in [6, 6.07) is 7.28. The Morgan fingerprint density at radius 3 is 2.73 bits per heavy atom. The minimum atomic E-state index is -0.327. The van der Waals surface area contributed by atoms with Crippen molar-refractivity contribution in [2.24, 2.45) is 5.92 Å². The Kier molecular flexibility index (Phi) is 6.64. The molecule has 0 saturated heterocycles. The van der Waals surface area contributed by atoms with E-state index >= 15 is 0 Å². The van der Waals surface area contributed by atoms with E-state index in [1.165, 1.54) is 0 Å². The van der Waals surface area contributed by atoms with Crippen LogP contribution in [0.3, 0.4) is 0 Å². The van der Waals surface area contributed by atoms with Crippen LogP contribution >= 0.6 is 22.9 Å². The van der Waals surface area contributed by atoms with Gasteiger partial charge in [-0.05, 0) is 30.2 Å². The van der Waals surface area contributed by atoms with Crippen molar-refractivity contribution < 1.29 is 9.84 Å². The Morgan fingerprint density at radius 1 is 1.32 bits per heavy atom. The first-order valence-corrected chi connectivity index (χ1v) is 8.51. The molecule has 0 amide bonds. The van der Waals surface area contributed by atoms with E-state index in [0.717, 1.165) is 16.5 Å². The minimum Gasteiger partial charge on any atom is -0.486 e. The lowest BCUT2D eigenvalue weighted by atomic mass is 10.1. The molecule has 2 N–H and O–H groups in total. The number of nitrogens with zero attached hydrogens (tertiary/aromatic N) is 1. The van der Waals surface area contributed by atoms with Crippen LogP contribution in [0.4, 0.5) is 0 Å². The molecule has 1 aromatic carbocycles. The van der Waals surface area contributed by atoms with Crippen LogP contribution in [0, 0.1) is 5.92 Å². The van der Waals surface area contributed by atoms with Gasteiger partial charge in [0.15, 0.2) is 0 Å². The Labute approximate surface area is 140 Å². The number of aliphatic hydroxyl groups is 1. The molecule has 0 aliphatic heterocycles. The molecule has 6 heteroatoms. The summed E-state index contributed by atoms with van der Waals surface area (Å²) in [5.74, 6) is 1.03. The number of halogens is 1. The zero-order valence-corrected chi connectivity index (χ0v) is 14.3. The maximum absolute atomic E-state index is 9.73. The normalized spacial score (nSPS) is 12.6. The Balaban J connectivity index is 1.75. The summed E-state index contributed by atoms with van der Waals surface area (Å²) in [6.45, 7) is 5.68. The number of thiazole rings is 1. The van der Waals surface area contributed by atoms with Crippen molar-refractivity contribution in [3.63, 3.8) is 0 Å². The molecule has 0 radical (unpaired) electrons. The monoisotopic (exact) mass is 340 g/mol. The molecule has 0 aliphatic rings. The first-order chi connectivity index (χ1) is 10.5. The number of rotatable bonds is 8. The Morgan fingerprint density at radius 2 is 2.05 bits per heavy atom. The van der Waals surface area contributed by atoms with Crippen LogP contribution in [0.1, 0.15) is 24.5 Å². The standard InChI is InChI=1S/C16H21ClN2O2S/c1-11(2)15(20)8-18-7-13-10-22-16(19-13)9-21-14-5-3-12(17)4-6-14/h3-6,10-11,15,18,20H,7-9H2,1-2H3. The quantitative estimate of drug-likeness (QED) is 0.772. The minimum absolute atomic E-state index is 0.256. The van der Waals surface area contributed by atoms with Gasteiger partial charge in [-0.3, -0.25) is 0 Å². The van der Waals surface area contributed by atoms with Crippen LogP contribution in [0.5, 0.6) is 5.75 Å². The molecule has 2 aromatic rings. The molecular formula is C16H21ClN2O2S. The summed E-state index contributed by atoms with van der Waals surface area (Å²) in [6.07, 6.45) is -0.327. The fourth-order valence-electron chi connectivity index (χ4n) is 1.76. The Bertz CT molecular complexity index is 572. The van der Waals surface area contributed by atoms with Crippen LogP contribution in [0.15, 0.2) is 29.6 Å². The zero-order valence-electron chi connectivity index (χ0n) is 12.8. The SMILES string of the molecule is CC(C)C(O)CNCc1csc(COc2ccc(Cl)cc2)n1. The summed E-state index contributed by atoms with van der Waals surface area (Å²) in [7, 11) is 0. The number of aromatic nitrogens is 1. The largest absolute Gasteiger partial charge is 0.486 e. The lowest BCUT2D eigenvalue weighted by molar-refractivity contribution is 0.123. The van der Waals surface area contributed by atoms with Crippen molar-refractivity contribution in [3.05, 3.63) is 45.4 Å². The highest BCUT2D eigenvalue weighted by Gasteiger charge is 2.09. The molecule has 0 saturated carbocycles. The highest BCUT2D eigenvalue weighted by molar-refractivity contribution is 7.09. The summed E-state index contributed by atoms with van der Waals surface area (Å²) in [5.41, 5.74) is 0.968. The van der Waals surface area contributed by atoms with Crippen LogP contribution < -0.4 is 10.1 Å². The predicted molar refractivity (Wildman–Crippen MR) is 90.4 cm³/mol. The second-order valence-electron chi connectivity index (χ2n) is 5.42. The third kappa shape index (κ3) is 5.57. The number of hydrogen-bond donors (Lipinski definition) is 2. The molecule has 22 heavy (non-hydrogen) atoms. The predicted octanol–water partition coefficient (Wildman–Crippen LogP) is 3.48. The molecule has 1 atom stereocenters. The molecule has 0 fully saturated rings. The van der Waals surface area contributed by atoms with Gasteiger partial charge < -0.3 is 15.2 Å². The van der Waals surface area contributed by atoms with Crippen molar-refractivity contribution >= 4 is 22.9 Å². The fraction of sp³-hybridized carbons (Fsp3) is 0.438. The van der Waals surface area contributed by atoms with Gasteiger partial charge in [0.05, 0.1) is 11.8 Å².